The number of rotatable bonds is 5. The number of ether oxygens (including phenoxy) is 2. The van der Waals surface area contributed by atoms with E-state index in [-0.39, 0.29) is 10.8 Å². The summed E-state index contributed by atoms with van der Waals surface area (Å²) < 4.78 is 9.70. The van der Waals surface area contributed by atoms with E-state index in [1.807, 2.05) is 24.3 Å². The van der Waals surface area contributed by atoms with Gasteiger partial charge in [-0.05, 0) is 30.5 Å². The maximum atomic E-state index is 11.1. The van der Waals surface area contributed by atoms with Gasteiger partial charge in [0.05, 0.1) is 14.2 Å². The summed E-state index contributed by atoms with van der Waals surface area (Å²) >= 11 is 3.29. The van der Waals surface area contributed by atoms with Crippen molar-refractivity contribution in [2.45, 2.75) is 17.7 Å². The van der Waals surface area contributed by atoms with Gasteiger partial charge in [0, 0.05) is 0 Å². The number of carbonyl (C=O) groups is 1. The lowest BCUT2D eigenvalue weighted by molar-refractivity contribution is -0.139. The number of alkyl halides is 1. The lowest BCUT2D eigenvalue weighted by Crippen LogP contribution is -2.16. The first-order valence-electron chi connectivity index (χ1n) is 5.02. The molecule has 3 nitrogen and oxygen atoms in total. The van der Waals surface area contributed by atoms with E-state index in [2.05, 4.69) is 20.7 Å². The van der Waals surface area contributed by atoms with Crippen LogP contribution in [-0.2, 0) is 16.0 Å². The Morgan fingerprint density at radius 3 is 2.44 bits per heavy atom. The van der Waals surface area contributed by atoms with Crippen molar-refractivity contribution >= 4 is 21.9 Å². The predicted octanol–water partition coefficient (Wildman–Crippen LogP) is 2.56. The Morgan fingerprint density at radius 1 is 1.31 bits per heavy atom. The molecule has 0 saturated carbocycles. The van der Waals surface area contributed by atoms with Crippen LogP contribution < -0.4 is 4.74 Å². The molecule has 0 aromatic heterocycles. The van der Waals surface area contributed by atoms with Gasteiger partial charge < -0.3 is 9.47 Å². The highest BCUT2D eigenvalue weighted by Crippen LogP contribution is 2.15. The Labute approximate surface area is 104 Å². The largest absolute Gasteiger partial charge is 0.497 e. The summed E-state index contributed by atoms with van der Waals surface area (Å²) in [5, 5.41) is 0. The van der Waals surface area contributed by atoms with Crippen LogP contribution >= 0.6 is 15.9 Å². The first kappa shape index (κ1) is 13.0. The van der Waals surface area contributed by atoms with Crippen molar-refractivity contribution < 1.29 is 14.3 Å². The van der Waals surface area contributed by atoms with Gasteiger partial charge in [0.25, 0.3) is 0 Å². The van der Waals surface area contributed by atoms with Gasteiger partial charge in [0.1, 0.15) is 10.6 Å². The van der Waals surface area contributed by atoms with E-state index in [0.717, 1.165) is 18.6 Å². The summed E-state index contributed by atoms with van der Waals surface area (Å²) in [5.41, 5.74) is 1.18. The molecule has 0 saturated heterocycles. The van der Waals surface area contributed by atoms with E-state index in [4.69, 9.17) is 4.74 Å². The number of hydrogen-bond donors (Lipinski definition) is 0. The zero-order valence-corrected chi connectivity index (χ0v) is 11.0. The second kappa shape index (κ2) is 6.53. The molecule has 16 heavy (non-hydrogen) atoms. The maximum Gasteiger partial charge on any atom is 0.319 e. The Balaban J connectivity index is 2.45. The van der Waals surface area contributed by atoms with Crippen LogP contribution in [0, 0.1) is 0 Å². The number of benzene rings is 1. The standard InChI is InChI=1S/C12H15BrO3/c1-15-10-6-3-9(4-7-10)5-8-11(13)12(14)16-2/h3-4,6-7,11H,5,8H2,1-2H3. The minimum atomic E-state index is -0.236. The molecule has 0 fully saturated rings. The fraction of sp³-hybridized carbons (Fsp3) is 0.417. The second-order valence-electron chi connectivity index (χ2n) is 3.38. The number of methoxy groups -OCH3 is 2. The summed E-state index contributed by atoms with van der Waals surface area (Å²) in [6.07, 6.45) is 1.55. The molecule has 1 aromatic carbocycles. The van der Waals surface area contributed by atoms with E-state index < -0.39 is 0 Å². The first-order valence-corrected chi connectivity index (χ1v) is 5.93. The number of esters is 1. The third kappa shape index (κ3) is 3.85. The predicted molar refractivity (Wildman–Crippen MR) is 66.0 cm³/mol. The van der Waals surface area contributed by atoms with Crippen molar-refractivity contribution in [3.8, 4) is 5.75 Å². The molecule has 0 spiro atoms. The van der Waals surface area contributed by atoms with Crippen LogP contribution in [0.25, 0.3) is 0 Å². The van der Waals surface area contributed by atoms with Crippen LogP contribution in [0.2, 0.25) is 0 Å². The van der Waals surface area contributed by atoms with Crippen LogP contribution in [0.1, 0.15) is 12.0 Å². The summed E-state index contributed by atoms with van der Waals surface area (Å²) in [6.45, 7) is 0. The Bertz CT molecular complexity index is 335. The molecule has 0 amide bonds. The highest BCUT2D eigenvalue weighted by atomic mass is 79.9. The minimum absolute atomic E-state index is 0.228. The first-order chi connectivity index (χ1) is 7.67. The van der Waals surface area contributed by atoms with Gasteiger partial charge in [-0.3, -0.25) is 4.79 Å². The molecule has 0 aliphatic heterocycles. The topological polar surface area (TPSA) is 35.5 Å². The van der Waals surface area contributed by atoms with Gasteiger partial charge in [0.15, 0.2) is 0 Å². The number of halogens is 1. The smallest absolute Gasteiger partial charge is 0.319 e. The number of hydrogen-bond acceptors (Lipinski definition) is 3. The molecule has 0 N–H and O–H groups in total. The Kier molecular flexibility index (Phi) is 5.32. The lowest BCUT2D eigenvalue weighted by atomic mass is 10.1. The van der Waals surface area contributed by atoms with E-state index in [1.54, 1.807) is 7.11 Å². The fourth-order valence-electron chi connectivity index (χ4n) is 1.33. The lowest BCUT2D eigenvalue weighted by Gasteiger charge is -2.07. The van der Waals surface area contributed by atoms with Gasteiger partial charge in [-0.1, -0.05) is 28.1 Å². The number of carbonyl (C=O) groups excluding carboxylic acids is 1. The van der Waals surface area contributed by atoms with Crippen LogP contribution in [0.3, 0.4) is 0 Å². The zero-order chi connectivity index (χ0) is 12.0. The molecule has 1 rings (SSSR count). The molecule has 88 valence electrons. The van der Waals surface area contributed by atoms with Crippen LogP contribution in [0.15, 0.2) is 24.3 Å². The normalized spacial score (nSPS) is 11.9. The molecule has 1 atom stereocenters. The molecule has 0 aliphatic rings. The fourth-order valence-corrected chi connectivity index (χ4v) is 1.75. The molecular weight excluding hydrogens is 272 g/mol. The van der Waals surface area contributed by atoms with Gasteiger partial charge in [0.2, 0.25) is 0 Å². The summed E-state index contributed by atoms with van der Waals surface area (Å²) in [4.78, 5) is 10.9. The van der Waals surface area contributed by atoms with Crippen molar-refractivity contribution in [3.63, 3.8) is 0 Å². The Morgan fingerprint density at radius 2 is 1.94 bits per heavy atom. The molecular formula is C12H15BrO3. The monoisotopic (exact) mass is 286 g/mol. The van der Waals surface area contributed by atoms with Crippen molar-refractivity contribution in [3.05, 3.63) is 29.8 Å². The van der Waals surface area contributed by atoms with Crippen molar-refractivity contribution in [1.82, 2.24) is 0 Å². The van der Waals surface area contributed by atoms with E-state index in [0.29, 0.717) is 0 Å². The van der Waals surface area contributed by atoms with Crippen LogP contribution in [0.5, 0.6) is 5.75 Å². The van der Waals surface area contributed by atoms with E-state index >= 15 is 0 Å². The average Bonchev–Trinajstić information content (AvgIpc) is 2.35. The third-order valence-corrected chi connectivity index (χ3v) is 3.13. The SMILES string of the molecule is COC(=O)C(Br)CCc1ccc(OC)cc1. The van der Waals surface area contributed by atoms with Gasteiger partial charge in [-0.15, -0.1) is 0 Å². The Hall–Kier alpha value is -1.03. The molecule has 0 bridgehead atoms. The highest BCUT2D eigenvalue weighted by Gasteiger charge is 2.14. The van der Waals surface area contributed by atoms with Gasteiger partial charge in [-0.25, -0.2) is 0 Å². The highest BCUT2D eigenvalue weighted by molar-refractivity contribution is 9.10. The molecule has 0 heterocycles. The average molecular weight is 287 g/mol. The van der Waals surface area contributed by atoms with Gasteiger partial charge >= 0.3 is 5.97 Å². The van der Waals surface area contributed by atoms with Gasteiger partial charge in [-0.2, -0.15) is 0 Å². The maximum absolute atomic E-state index is 11.1. The van der Waals surface area contributed by atoms with Crippen molar-refractivity contribution in [2.24, 2.45) is 0 Å². The third-order valence-electron chi connectivity index (χ3n) is 2.30. The molecule has 0 aliphatic carbocycles. The summed E-state index contributed by atoms with van der Waals surface area (Å²) in [5.74, 6) is 0.612. The van der Waals surface area contributed by atoms with Crippen molar-refractivity contribution in [2.75, 3.05) is 14.2 Å². The molecule has 1 aromatic rings. The van der Waals surface area contributed by atoms with Crippen LogP contribution in [-0.4, -0.2) is 25.0 Å². The quantitative estimate of drug-likeness (QED) is 0.617. The van der Waals surface area contributed by atoms with Crippen molar-refractivity contribution in [1.29, 1.82) is 0 Å². The zero-order valence-electron chi connectivity index (χ0n) is 9.40. The van der Waals surface area contributed by atoms with Crippen LogP contribution in [0.4, 0.5) is 0 Å². The minimum Gasteiger partial charge on any atom is -0.497 e. The molecule has 0 radical (unpaired) electrons. The summed E-state index contributed by atoms with van der Waals surface area (Å²) in [7, 11) is 3.03. The van der Waals surface area contributed by atoms with E-state index in [9.17, 15) is 4.79 Å². The molecule has 4 heteroatoms. The van der Waals surface area contributed by atoms with E-state index in [1.165, 1.54) is 12.7 Å². The molecule has 1 unspecified atom stereocenters. The summed E-state index contributed by atoms with van der Waals surface area (Å²) in [6, 6.07) is 7.82. The number of aryl methyl sites for hydroxylation is 1. The second-order valence-corrected chi connectivity index (χ2v) is 4.48.